The lowest BCUT2D eigenvalue weighted by Gasteiger charge is -2.12. The van der Waals surface area contributed by atoms with E-state index in [-0.39, 0.29) is 0 Å². The first-order valence-electron chi connectivity index (χ1n) is 5.71. The Bertz CT molecular complexity index is 334. The topological polar surface area (TPSA) is 27.1 Å². The van der Waals surface area contributed by atoms with Crippen molar-refractivity contribution in [1.29, 1.82) is 0 Å². The van der Waals surface area contributed by atoms with Crippen LogP contribution in [0.1, 0.15) is 25.2 Å². The molecule has 0 saturated heterocycles. The van der Waals surface area contributed by atoms with Crippen molar-refractivity contribution in [2.75, 3.05) is 19.5 Å². The van der Waals surface area contributed by atoms with Crippen LogP contribution in [-0.4, -0.2) is 29.0 Å². The highest BCUT2D eigenvalue weighted by atomic mass is 32.2. The van der Waals surface area contributed by atoms with Crippen LogP contribution in [0.4, 0.5) is 0 Å². The molecule has 1 aromatic rings. The average molecular weight is 242 g/mol. The third-order valence-electron chi connectivity index (χ3n) is 2.49. The van der Waals surface area contributed by atoms with Crippen LogP contribution in [0.2, 0.25) is 0 Å². The molecule has 0 spiro atoms. The highest BCUT2D eigenvalue weighted by Gasteiger charge is 2.12. The van der Waals surface area contributed by atoms with Crippen molar-refractivity contribution in [2.45, 2.75) is 39.4 Å². The fourth-order valence-electron chi connectivity index (χ4n) is 1.53. The van der Waals surface area contributed by atoms with Crippen LogP contribution in [0.5, 0.6) is 0 Å². The summed E-state index contributed by atoms with van der Waals surface area (Å²) < 4.78 is 7.38. The van der Waals surface area contributed by atoms with Gasteiger partial charge in [-0.25, -0.2) is 4.98 Å². The molecule has 0 saturated carbocycles. The van der Waals surface area contributed by atoms with E-state index in [9.17, 15) is 0 Å². The molecule has 0 radical (unpaired) electrons. The summed E-state index contributed by atoms with van der Waals surface area (Å²) in [7, 11) is 1.73. The Morgan fingerprint density at radius 2 is 2.06 bits per heavy atom. The monoisotopic (exact) mass is 242 g/mol. The van der Waals surface area contributed by atoms with Gasteiger partial charge in [0.05, 0.1) is 12.3 Å². The molecule has 0 unspecified atom stereocenters. The molecule has 3 nitrogen and oxygen atoms in total. The van der Waals surface area contributed by atoms with Crippen molar-refractivity contribution < 1.29 is 4.74 Å². The molecule has 0 fully saturated rings. The van der Waals surface area contributed by atoms with Gasteiger partial charge in [0.15, 0.2) is 5.16 Å². The molecule has 16 heavy (non-hydrogen) atoms. The van der Waals surface area contributed by atoms with Crippen molar-refractivity contribution in [3.05, 3.63) is 11.4 Å². The number of nitrogens with zero attached hydrogens (tertiary/aromatic N) is 2. The van der Waals surface area contributed by atoms with Crippen LogP contribution in [0.15, 0.2) is 5.16 Å². The zero-order valence-corrected chi connectivity index (χ0v) is 11.7. The highest BCUT2D eigenvalue weighted by Crippen LogP contribution is 2.22. The quantitative estimate of drug-likeness (QED) is 0.567. The number of thioether (sulfide) groups is 1. The third-order valence-corrected chi connectivity index (χ3v) is 3.43. The highest BCUT2D eigenvalue weighted by molar-refractivity contribution is 7.99. The molecule has 0 N–H and O–H groups in total. The summed E-state index contributed by atoms with van der Waals surface area (Å²) in [6, 6.07) is 0. The summed E-state index contributed by atoms with van der Waals surface area (Å²) in [6.07, 6.45) is 0. The normalized spacial score (nSPS) is 11.4. The van der Waals surface area contributed by atoms with Crippen molar-refractivity contribution in [3.8, 4) is 0 Å². The Labute approximate surface area is 103 Å². The second-order valence-corrected chi connectivity index (χ2v) is 5.47. The van der Waals surface area contributed by atoms with Gasteiger partial charge < -0.3 is 9.30 Å². The Balaban J connectivity index is 2.77. The summed E-state index contributed by atoms with van der Waals surface area (Å²) in [5.41, 5.74) is 2.43. The molecule has 1 aromatic heterocycles. The second kappa shape index (κ2) is 6.30. The van der Waals surface area contributed by atoms with Gasteiger partial charge in [0, 0.05) is 25.1 Å². The zero-order chi connectivity index (χ0) is 12.1. The summed E-state index contributed by atoms with van der Waals surface area (Å²) in [5.74, 6) is 1.61. The van der Waals surface area contributed by atoms with Gasteiger partial charge in [-0.3, -0.25) is 0 Å². The Morgan fingerprint density at radius 1 is 1.38 bits per heavy atom. The summed E-state index contributed by atoms with van der Waals surface area (Å²) in [4.78, 5) is 4.61. The van der Waals surface area contributed by atoms with E-state index in [2.05, 4.69) is 37.2 Å². The number of ether oxygens (including phenoxy) is 1. The van der Waals surface area contributed by atoms with Gasteiger partial charge in [-0.2, -0.15) is 0 Å². The molecule has 4 heteroatoms. The van der Waals surface area contributed by atoms with Crippen LogP contribution >= 0.6 is 11.8 Å². The van der Waals surface area contributed by atoms with Crippen molar-refractivity contribution in [1.82, 2.24) is 9.55 Å². The lowest BCUT2D eigenvalue weighted by atomic mass is 10.2. The Kier molecular flexibility index (Phi) is 5.35. The molecular weight excluding hydrogens is 220 g/mol. The summed E-state index contributed by atoms with van der Waals surface area (Å²) in [5, 5.41) is 1.13. The van der Waals surface area contributed by atoms with Gasteiger partial charge in [-0.15, -0.1) is 0 Å². The predicted octanol–water partition coefficient (Wildman–Crippen LogP) is 2.89. The lowest BCUT2D eigenvalue weighted by Crippen LogP contribution is -2.08. The zero-order valence-electron chi connectivity index (χ0n) is 10.9. The van der Waals surface area contributed by atoms with Crippen molar-refractivity contribution >= 4 is 11.8 Å². The fourth-order valence-corrected chi connectivity index (χ4v) is 2.53. The van der Waals surface area contributed by atoms with E-state index in [4.69, 9.17) is 4.74 Å². The number of rotatable bonds is 6. The van der Waals surface area contributed by atoms with Gasteiger partial charge in [-0.1, -0.05) is 25.6 Å². The SMILES string of the molecule is COCCSc1nc(C)c(C)n1CC(C)C. The van der Waals surface area contributed by atoms with Gasteiger partial charge >= 0.3 is 0 Å². The molecule has 0 aliphatic rings. The predicted molar refractivity (Wildman–Crippen MR) is 69.1 cm³/mol. The van der Waals surface area contributed by atoms with Crippen LogP contribution in [0, 0.1) is 19.8 Å². The van der Waals surface area contributed by atoms with E-state index >= 15 is 0 Å². The maximum absolute atomic E-state index is 5.06. The number of aryl methyl sites for hydroxylation is 1. The van der Waals surface area contributed by atoms with Crippen molar-refractivity contribution in [2.24, 2.45) is 5.92 Å². The smallest absolute Gasteiger partial charge is 0.168 e. The summed E-state index contributed by atoms with van der Waals surface area (Å²) in [6.45, 7) is 10.5. The standard InChI is InChI=1S/C12H22N2OS/c1-9(2)8-14-11(4)10(3)13-12(14)16-7-6-15-5/h9H,6-8H2,1-5H3. The molecule has 0 aliphatic heterocycles. The Hall–Kier alpha value is -0.480. The summed E-state index contributed by atoms with van der Waals surface area (Å²) >= 11 is 1.78. The number of imidazole rings is 1. The minimum Gasteiger partial charge on any atom is -0.384 e. The van der Waals surface area contributed by atoms with Gasteiger partial charge in [0.25, 0.3) is 0 Å². The van der Waals surface area contributed by atoms with Crippen molar-refractivity contribution in [3.63, 3.8) is 0 Å². The number of hydrogen-bond acceptors (Lipinski definition) is 3. The maximum Gasteiger partial charge on any atom is 0.168 e. The molecular formula is C12H22N2OS. The van der Waals surface area contributed by atoms with Crippen LogP contribution in [-0.2, 0) is 11.3 Å². The first kappa shape index (κ1) is 13.6. The first-order valence-corrected chi connectivity index (χ1v) is 6.70. The number of methoxy groups -OCH3 is 1. The largest absolute Gasteiger partial charge is 0.384 e. The van der Waals surface area contributed by atoms with Gasteiger partial charge in [0.1, 0.15) is 0 Å². The number of hydrogen-bond donors (Lipinski definition) is 0. The Morgan fingerprint density at radius 3 is 2.62 bits per heavy atom. The molecule has 1 heterocycles. The van der Waals surface area contributed by atoms with E-state index in [0.717, 1.165) is 29.8 Å². The second-order valence-electron chi connectivity index (χ2n) is 4.41. The fraction of sp³-hybridized carbons (Fsp3) is 0.750. The molecule has 0 bridgehead atoms. The minimum atomic E-state index is 0.647. The van der Waals surface area contributed by atoms with Crippen LogP contribution < -0.4 is 0 Å². The number of aromatic nitrogens is 2. The van der Waals surface area contributed by atoms with E-state index in [0.29, 0.717) is 5.92 Å². The molecule has 0 amide bonds. The molecule has 92 valence electrons. The van der Waals surface area contributed by atoms with Gasteiger partial charge in [0.2, 0.25) is 0 Å². The third kappa shape index (κ3) is 3.52. The van der Waals surface area contributed by atoms with Gasteiger partial charge in [-0.05, 0) is 19.8 Å². The van der Waals surface area contributed by atoms with Crippen LogP contribution in [0.3, 0.4) is 0 Å². The van der Waals surface area contributed by atoms with E-state index in [1.54, 1.807) is 18.9 Å². The molecule has 0 aromatic carbocycles. The van der Waals surface area contributed by atoms with E-state index in [1.807, 2.05) is 0 Å². The van der Waals surface area contributed by atoms with Crippen LogP contribution in [0.25, 0.3) is 0 Å². The minimum absolute atomic E-state index is 0.647. The average Bonchev–Trinajstić information content (AvgIpc) is 2.46. The maximum atomic E-state index is 5.06. The molecule has 0 aliphatic carbocycles. The molecule has 0 atom stereocenters. The first-order chi connectivity index (χ1) is 7.56. The molecule has 1 rings (SSSR count). The van der Waals surface area contributed by atoms with E-state index < -0.39 is 0 Å². The lowest BCUT2D eigenvalue weighted by molar-refractivity contribution is 0.218. The van der Waals surface area contributed by atoms with E-state index in [1.165, 1.54) is 5.69 Å².